The van der Waals surface area contributed by atoms with Gasteiger partial charge in [0.05, 0.1) is 11.9 Å². The summed E-state index contributed by atoms with van der Waals surface area (Å²) >= 11 is 0. The number of carbonyl (C=O) groups excluding carboxylic acids is 2. The van der Waals surface area contributed by atoms with Gasteiger partial charge in [0.15, 0.2) is 0 Å². The Kier molecular flexibility index (Phi) is 5.29. The lowest BCUT2D eigenvalue weighted by Gasteiger charge is -2.37. The van der Waals surface area contributed by atoms with Crippen molar-refractivity contribution in [2.45, 2.75) is 31.5 Å². The fourth-order valence-corrected chi connectivity index (χ4v) is 3.39. The first-order chi connectivity index (χ1) is 11.3. The molecule has 2 saturated heterocycles. The van der Waals surface area contributed by atoms with Crippen molar-refractivity contribution >= 4 is 30.0 Å². The molecule has 0 bridgehead atoms. The number of halogens is 4. The van der Waals surface area contributed by atoms with Crippen molar-refractivity contribution in [2.75, 3.05) is 24.5 Å². The molecule has 1 N–H and O–H groups in total. The van der Waals surface area contributed by atoms with Crippen LogP contribution in [-0.2, 0) is 11.0 Å². The Hall–Kier alpha value is -1.87. The summed E-state index contributed by atoms with van der Waals surface area (Å²) in [5.41, 5.74) is -1.92. The third kappa shape index (κ3) is 3.06. The van der Waals surface area contributed by atoms with Crippen LogP contribution in [0.25, 0.3) is 0 Å². The molecule has 138 valence electrons. The zero-order chi connectivity index (χ0) is 17.5. The summed E-state index contributed by atoms with van der Waals surface area (Å²) in [6.45, 7) is 3.35. The Morgan fingerprint density at radius 3 is 2.36 bits per heavy atom. The van der Waals surface area contributed by atoms with Gasteiger partial charge in [-0.25, -0.2) is 14.7 Å². The third-order valence-electron chi connectivity index (χ3n) is 4.58. The summed E-state index contributed by atoms with van der Waals surface area (Å²) in [6.07, 6.45) is -2.68. The van der Waals surface area contributed by atoms with E-state index in [1.165, 1.54) is 4.90 Å². The number of nitrogens with zero attached hydrogens (tertiary/aromatic N) is 3. The van der Waals surface area contributed by atoms with Gasteiger partial charge in [0.2, 0.25) is 0 Å². The summed E-state index contributed by atoms with van der Waals surface area (Å²) in [7, 11) is 0. The second-order valence-electron chi connectivity index (χ2n) is 5.85. The molecule has 3 rings (SSSR count). The number of aromatic nitrogens is 1. The van der Waals surface area contributed by atoms with Crippen LogP contribution in [0.4, 0.5) is 23.7 Å². The van der Waals surface area contributed by atoms with E-state index in [0.717, 1.165) is 23.2 Å². The fourth-order valence-electron chi connectivity index (χ4n) is 3.39. The number of rotatable bonds is 2. The normalized spacial score (nSPS) is 20.2. The van der Waals surface area contributed by atoms with Crippen molar-refractivity contribution < 1.29 is 22.8 Å². The number of anilines is 1. The van der Waals surface area contributed by atoms with Crippen LogP contribution < -0.4 is 10.2 Å². The highest BCUT2D eigenvalue weighted by Gasteiger charge is 2.57. The molecule has 2 aliphatic rings. The molecule has 0 saturated carbocycles. The van der Waals surface area contributed by atoms with Crippen molar-refractivity contribution in [1.29, 1.82) is 0 Å². The number of nitrogens with one attached hydrogen (secondary N) is 1. The van der Waals surface area contributed by atoms with E-state index >= 15 is 0 Å². The van der Waals surface area contributed by atoms with Crippen molar-refractivity contribution in [1.82, 2.24) is 15.2 Å². The Bertz CT molecular complexity index is 660. The molecule has 0 radical (unpaired) electrons. The number of piperidine rings is 1. The fraction of sp³-hybridized carbons (Fsp3) is 0.533. The van der Waals surface area contributed by atoms with Gasteiger partial charge in [0, 0.05) is 6.54 Å². The maximum atomic E-state index is 12.9. The largest absolute Gasteiger partial charge is 0.433 e. The highest BCUT2D eigenvalue weighted by Crippen LogP contribution is 2.38. The Labute approximate surface area is 148 Å². The van der Waals surface area contributed by atoms with Gasteiger partial charge >= 0.3 is 12.2 Å². The molecule has 10 heteroatoms. The molecule has 6 nitrogen and oxygen atoms in total. The van der Waals surface area contributed by atoms with E-state index in [9.17, 15) is 22.8 Å². The predicted molar refractivity (Wildman–Crippen MR) is 86.6 cm³/mol. The number of pyridine rings is 1. The molecule has 0 unspecified atom stereocenters. The monoisotopic (exact) mass is 378 g/mol. The maximum Gasteiger partial charge on any atom is 0.433 e. The molecule has 1 spiro atoms. The van der Waals surface area contributed by atoms with E-state index in [1.54, 1.807) is 6.92 Å². The standard InChI is InChI=1S/C15H17F3N4O2.ClH/c1-2-21-13(24)22(12(23)14(21)5-7-19-8-6-14)10-3-4-11(20-9-10)15(16,17)18;/h3-4,9,19H,2,5-8H2,1H3;1H. The molecule has 25 heavy (non-hydrogen) atoms. The van der Waals surface area contributed by atoms with Gasteiger partial charge in [-0.1, -0.05) is 0 Å². The number of hydrogen-bond donors (Lipinski definition) is 1. The average Bonchev–Trinajstić information content (AvgIpc) is 2.74. The van der Waals surface area contributed by atoms with Gasteiger partial charge in [-0.05, 0) is 45.0 Å². The third-order valence-corrected chi connectivity index (χ3v) is 4.58. The highest BCUT2D eigenvalue weighted by molar-refractivity contribution is 6.23. The quantitative estimate of drug-likeness (QED) is 0.803. The first-order valence-electron chi connectivity index (χ1n) is 7.71. The lowest BCUT2D eigenvalue weighted by atomic mass is 9.86. The van der Waals surface area contributed by atoms with E-state index in [0.29, 0.717) is 32.5 Å². The number of urea groups is 1. The van der Waals surface area contributed by atoms with Crippen molar-refractivity contribution in [3.63, 3.8) is 0 Å². The first-order valence-corrected chi connectivity index (χ1v) is 7.71. The summed E-state index contributed by atoms with van der Waals surface area (Å²) in [5.74, 6) is -0.391. The van der Waals surface area contributed by atoms with Crippen LogP contribution in [0, 0.1) is 0 Å². The second-order valence-corrected chi connectivity index (χ2v) is 5.85. The van der Waals surface area contributed by atoms with Crippen LogP contribution in [0.15, 0.2) is 18.3 Å². The minimum atomic E-state index is -4.57. The maximum absolute atomic E-state index is 12.9. The smallest absolute Gasteiger partial charge is 0.317 e. The van der Waals surface area contributed by atoms with E-state index in [2.05, 4.69) is 10.3 Å². The molecule has 0 aliphatic carbocycles. The number of imide groups is 1. The van der Waals surface area contributed by atoms with Gasteiger partial charge in [-0.15, -0.1) is 12.4 Å². The molecular formula is C15H18ClF3N4O2. The van der Waals surface area contributed by atoms with Crippen LogP contribution in [0.2, 0.25) is 0 Å². The van der Waals surface area contributed by atoms with Crippen molar-refractivity contribution in [2.24, 2.45) is 0 Å². The molecule has 0 aromatic carbocycles. The first kappa shape index (κ1) is 19.5. The topological polar surface area (TPSA) is 65.5 Å². The molecule has 3 amide bonds. The SMILES string of the molecule is CCN1C(=O)N(c2ccc(C(F)(F)F)nc2)C(=O)C12CCNCC2.Cl. The zero-order valence-corrected chi connectivity index (χ0v) is 14.3. The van der Waals surface area contributed by atoms with E-state index in [4.69, 9.17) is 0 Å². The number of carbonyl (C=O) groups is 2. The van der Waals surface area contributed by atoms with Gasteiger partial charge in [0.25, 0.3) is 5.91 Å². The molecule has 2 aliphatic heterocycles. The Morgan fingerprint density at radius 1 is 1.24 bits per heavy atom. The second kappa shape index (κ2) is 6.80. The predicted octanol–water partition coefficient (Wildman–Crippen LogP) is 2.43. The summed E-state index contributed by atoms with van der Waals surface area (Å²) in [4.78, 5) is 31.4. The van der Waals surface area contributed by atoms with Crippen LogP contribution in [-0.4, -0.2) is 47.0 Å². The summed E-state index contributed by atoms with van der Waals surface area (Å²) in [6, 6.07) is 1.38. The van der Waals surface area contributed by atoms with Crippen LogP contribution >= 0.6 is 12.4 Å². The lowest BCUT2D eigenvalue weighted by Crippen LogP contribution is -2.55. The van der Waals surface area contributed by atoms with Gasteiger partial charge < -0.3 is 10.2 Å². The minimum absolute atomic E-state index is 0. The summed E-state index contributed by atoms with van der Waals surface area (Å²) < 4.78 is 37.9. The van der Waals surface area contributed by atoms with Crippen molar-refractivity contribution in [3.8, 4) is 0 Å². The van der Waals surface area contributed by atoms with E-state index < -0.39 is 29.3 Å². The van der Waals surface area contributed by atoms with E-state index in [1.807, 2.05) is 0 Å². The lowest BCUT2D eigenvalue weighted by molar-refractivity contribution is -0.141. The molecular weight excluding hydrogens is 361 g/mol. The van der Waals surface area contributed by atoms with Gasteiger partial charge in [-0.3, -0.25) is 4.79 Å². The number of hydrogen-bond acceptors (Lipinski definition) is 4. The minimum Gasteiger partial charge on any atom is -0.317 e. The van der Waals surface area contributed by atoms with E-state index in [-0.39, 0.29) is 18.1 Å². The number of amides is 3. The Balaban J connectivity index is 0.00000225. The molecule has 1 aromatic heterocycles. The number of alkyl halides is 3. The number of likely N-dealkylation sites (N-methyl/N-ethyl adjacent to an activating group) is 1. The molecule has 2 fully saturated rings. The molecule has 0 atom stereocenters. The zero-order valence-electron chi connectivity index (χ0n) is 13.5. The summed E-state index contributed by atoms with van der Waals surface area (Å²) in [5, 5.41) is 3.15. The average molecular weight is 379 g/mol. The van der Waals surface area contributed by atoms with Crippen molar-refractivity contribution in [3.05, 3.63) is 24.0 Å². The molecule has 3 heterocycles. The van der Waals surface area contributed by atoms with Crippen LogP contribution in [0.5, 0.6) is 0 Å². The highest BCUT2D eigenvalue weighted by atomic mass is 35.5. The molecule has 1 aromatic rings. The Morgan fingerprint density at radius 2 is 1.88 bits per heavy atom. The van der Waals surface area contributed by atoms with Crippen LogP contribution in [0.3, 0.4) is 0 Å². The van der Waals surface area contributed by atoms with Gasteiger partial charge in [0.1, 0.15) is 11.2 Å². The van der Waals surface area contributed by atoms with Crippen LogP contribution in [0.1, 0.15) is 25.5 Å². The van der Waals surface area contributed by atoms with Gasteiger partial charge in [-0.2, -0.15) is 13.2 Å².